The number of hydrogen-bond donors (Lipinski definition) is 1. The molecule has 1 aliphatic carbocycles. The minimum Gasteiger partial charge on any atom is -0.478 e. The number of carbonyl (C=O) groups is 1. The van der Waals surface area contributed by atoms with E-state index in [2.05, 4.69) is 19.8 Å². The summed E-state index contributed by atoms with van der Waals surface area (Å²) in [6.45, 7) is 6.73. The fraction of sp³-hybridized carbons (Fsp3) is 0.500. The van der Waals surface area contributed by atoms with Crippen molar-refractivity contribution in [3.8, 4) is 28.5 Å². The van der Waals surface area contributed by atoms with Crippen LogP contribution in [-0.2, 0) is 20.4 Å². The number of hydrogen-bond acceptors (Lipinski definition) is 9. The highest BCUT2D eigenvalue weighted by Gasteiger charge is 2.39. The fourth-order valence-electron chi connectivity index (χ4n) is 6.99. The number of carbonyl (C=O) groups excluding carboxylic acids is 1. The van der Waals surface area contributed by atoms with E-state index in [0.29, 0.717) is 42.4 Å². The summed E-state index contributed by atoms with van der Waals surface area (Å²) in [7, 11) is 3.68. The molecule has 1 aliphatic heterocycles. The number of methoxy groups -OCH3 is 1. The lowest BCUT2D eigenvalue weighted by molar-refractivity contribution is -0.148. The number of alkyl halides is 3. The highest BCUT2D eigenvalue weighted by atomic mass is 19.4. The van der Waals surface area contributed by atoms with Gasteiger partial charge in [0.2, 0.25) is 5.88 Å². The Morgan fingerprint density at radius 1 is 1.06 bits per heavy atom. The molecule has 1 N–H and O–H groups in total. The molecule has 13 heteroatoms. The van der Waals surface area contributed by atoms with E-state index >= 15 is 0 Å². The van der Waals surface area contributed by atoms with Crippen molar-refractivity contribution >= 4 is 28.5 Å². The minimum absolute atomic E-state index is 0.00707. The summed E-state index contributed by atoms with van der Waals surface area (Å²) in [5.41, 5.74) is 3.31. The number of pyridine rings is 2. The first kappa shape index (κ1) is 34.5. The lowest BCUT2D eigenvalue weighted by Crippen LogP contribution is -2.44. The number of esters is 1. The summed E-state index contributed by atoms with van der Waals surface area (Å²) in [4.78, 5) is 33.6. The maximum atomic E-state index is 14.0. The molecule has 6 rings (SSSR count). The Morgan fingerprint density at radius 2 is 1.80 bits per heavy atom. The van der Waals surface area contributed by atoms with Crippen LogP contribution in [0, 0.1) is 11.3 Å². The summed E-state index contributed by atoms with van der Waals surface area (Å²) >= 11 is 0. The number of halogens is 3. The molecule has 1 saturated heterocycles. The molecule has 4 aromatic rings. The number of benzene rings is 1. The fourth-order valence-corrected chi connectivity index (χ4v) is 6.99. The van der Waals surface area contributed by atoms with Gasteiger partial charge < -0.3 is 29.0 Å². The predicted octanol–water partition coefficient (Wildman–Crippen LogP) is 7.14. The standard InChI is InChI=1S/C36H43F3N6O4/c1-5-48-33-27(36(37,38)39)18-25(20-40-33)28-19-29(44(3)21-35(22-47-4)14-7-15-35)30-32(41-28)43-31(42-30)23-8-10-26(11-9-23)45-16-12-24(13-17-45)34(46)49-6-2/h8-11,18-20,24H,5-7,12-17,21-22H2,1-4H3,(H,41,42,43). The van der Waals surface area contributed by atoms with Crippen LogP contribution in [0.4, 0.5) is 24.5 Å². The average Bonchev–Trinajstić information content (AvgIpc) is 3.51. The molecule has 0 atom stereocenters. The molecule has 2 fully saturated rings. The first-order valence-corrected chi connectivity index (χ1v) is 16.9. The first-order valence-electron chi connectivity index (χ1n) is 16.9. The van der Waals surface area contributed by atoms with E-state index < -0.39 is 17.6 Å². The zero-order valence-corrected chi connectivity index (χ0v) is 28.4. The average molecular weight is 681 g/mol. The molecule has 49 heavy (non-hydrogen) atoms. The van der Waals surface area contributed by atoms with Crippen LogP contribution < -0.4 is 14.5 Å². The smallest absolute Gasteiger partial charge is 0.421 e. The third-order valence-electron chi connectivity index (χ3n) is 9.64. The molecule has 1 saturated carbocycles. The summed E-state index contributed by atoms with van der Waals surface area (Å²) in [5.74, 6) is -0.0522. The van der Waals surface area contributed by atoms with E-state index in [9.17, 15) is 18.0 Å². The molecule has 0 bridgehead atoms. The van der Waals surface area contributed by atoms with Gasteiger partial charge in [-0.3, -0.25) is 4.79 Å². The van der Waals surface area contributed by atoms with Gasteiger partial charge in [-0.1, -0.05) is 6.42 Å². The van der Waals surface area contributed by atoms with Gasteiger partial charge in [0, 0.05) is 62.2 Å². The number of ether oxygens (including phenoxy) is 3. The Morgan fingerprint density at radius 3 is 2.41 bits per heavy atom. The summed E-state index contributed by atoms with van der Waals surface area (Å²) < 4.78 is 58.1. The van der Waals surface area contributed by atoms with Crippen molar-refractivity contribution < 1.29 is 32.2 Å². The predicted molar refractivity (Wildman–Crippen MR) is 182 cm³/mol. The van der Waals surface area contributed by atoms with Crippen molar-refractivity contribution in [2.75, 3.05) is 63.4 Å². The van der Waals surface area contributed by atoms with Crippen LogP contribution in [0.2, 0.25) is 0 Å². The number of imidazole rings is 1. The molecule has 2 aliphatic rings. The number of anilines is 2. The number of nitrogens with zero attached hydrogens (tertiary/aromatic N) is 5. The van der Waals surface area contributed by atoms with Gasteiger partial charge in [-0.05, 0) is 75.9 Å². The van der Waals surface area contributed by atoms with Crippen LogP contribution in [0.25, 0.3) is 33.8 Å². The number of rotatable bonds is 12. The van der Waals surface area contributed by atoms with Gasteiger partial charge in [-0.15, -0.1) is 0 Å². The van der Waals surface area contributed by atoms with E-state index in [1.165, 1.54) is 6.20 Å². The van der Waals surface area contributed by atoms with Gasteiger partial charge in [-0.25, -0.2) is 15.0 Å². The maximum absolute atomic E-state index is 14.0. The molecule has 0 spiro atoms. The molecule has 10 nitrogen and oxygen atoms in total. The minimum atomic E-state index is -4.66. The molecular formula is C36H43F3N6O4. The second-order valence-corrected chi connectivity index (χ2v) is 13.0. The number of nitrogens with one attached hydrogen (secondary N) is 1. The molecular weight excluding hydrogens is 637 g/mol. The highest BCUT2D eigenvalue weighted by molar-refractivity contribution is 5.91. The van der Waals surface area contributed by atoms with Gasteiger partial charge in [0.1, 0.15) is 16.9 Å². The second-order valence-electron chi connectivity index (χ2n) is 13.0. The SMILES string of the molecule is CCOC(=O)C1CCN(c2ccc(-c3nc4nc(-c5cnc(OCC)c(C(F)(F)F)c5)cc(N(C)CC5(COC)CCC5)c4[nH]3)cc2)CC1. The van der Waals surface area contributed by atoms with Crippen LogP contribution in [0.5, 0.6) is 5.88 Å². The lowest BCUT2D eigenvalue weighted by atomic mass is 9.69. The van der Waals surface area contributed by atoms with Crippen LogP contribution in [-0.4, -0.2) is 79.5 Å². The Kier molecular flexibility index (Phi) is 10.0. The summed E-state index contributed by atoms with van der Waals surface area (Å²) in [6.07, 6.45) is 1.38. The Labute approximate surface area is 284 Å². The molecule has 0 unspecified atom stereocenters. The molecule has 3 aromatic heterocycles. The highest BCUT2D eigenvalue weighted by Crippen LogP contribution is 2.44. The van der Waals surface area contributed by atoms with E-state index in [-0.39, 0.29) is 29.5 Å². The van der Waals surface area contributed by atoms with Gasteiger partial charge in [0.15, 0.2) is 5.65 Å². The number of piperidine rings is 1. The first-order chi connectivity index (χ1) is 23.5. The maximum Gasteiger partial charge on any atom is 0.421 e. The number of aromatic amines is 1. The molecule has 4 heterocycles. The normalized spacial score (nSPS) is 16.4. The topological polar surface area (TPSA) is 106 Å². The van der Waals surface area contributed by atoms with Gasteiger partial charge >= 0.3 is 12.1 Å². The molecule has 0 amide bonds. The number of aromatic nitrogens is 4. The van der Waals surface area contributed by atoms with E-state index in [1.54, 1.807) is 20.1 Å². The van der Waals surface area contributed by atoms with Crippen molar-refractivity contribution in [1.29, 1.82) is 0 Å². The third-order valence-corrected chi connectivity index (χ3v) is 9.64. The molecule has 1 aromatic carbocycles. The van der Waals surface area contributed by atoms with Crippen LogP contribution >= 0.6 is 0 Å². The van der Waals surface area contributed by atoms with E-state index in [1.807, 2.05) is 38.2 Å². The van der Waals surface area contributed by atoms with Crippen LogP contribution in [0.1, 0.15) is 51.5 Å². The van der Waals surface area contributed by atoms with Crippen LogP contribution in [0.15, 0.2) is 42.6 Å². The van der Waals surface area contributed by atoms with Crippen molar-refractivity contribution in [3.05, 3.63) is 48.2 Å². The van der Waals surface area contributed by atoms with Crippen molar-refractivity contribution in [3.63, 3.8) is 0 Å². The zero-order chi connectivity index (χ0) is 34.8. The molecule has 0 radical (unpaired) electrons. The summed E-state index contributed by atoms with van der Waals surface area (Å²) in [5, 5.41) is 0. The Balaban J connectivity index is 1.34. The quantitative estimate of drug-likeness (QED) is 0.156. The lowest BCUT2D eigenvalue weighted by Gasteiger charge is -2.44. The van der Waals surface area contributed by atoms with Crippen molar-refractivity contribution in [1.82, 2.24) is 19.9 Å². The van der Waals surface area contributed by atoms with Gasteiger partial charge in [0.25, 0.3) is 0 Å². The number of fused-ring (bicyclic) bond motifs is 1. The Bertz CT molecular complexity index is 1770. The zero-order valence-electron chi connectivity index (χ0n) is 28.4. The Hall–Kier alpha value is -4.39. The van der Waals surface area contributed by atoms with Gasteiger partial charge in [0.05, 0.1) is 37.1 Å². The monoisotopic (exact) mass is 680 g/mol. The molecule has 262 valence electrons. The van der Waals surface area contributed by atoms with Crippen LogP contribution in [0.3, 0.4) is 0 Å². The largest absolute Gasteiger partial charge is 0.478 e. The number of H-pyrrole nitrogens is 1. The summed E-state index contributed by atoms with van der Waals surface area (Å²) in [6, 6.07) is 10.9. The van der Waals surface area contributed by atoms with E-state index in [0.717, 1.165) is 68.2 Å². The second kappa shape index (κ2) is 14.2. The van der Waals surface area contributed by atoms with Gasteiger partial charge in [-0.2, -0.15) is 13.2 Å². The third kappa shape index (κ3) is 7.31. The van der Waals surface area contributed by atoms with Crippen molar-refractivity contribution in [2.24, 2.45) is 11.3 Å². The van der Waals surface area contributed by atoms with Crippen molar-refractivity contribution in [2.45, 2.75) is 52.1 Å². The van der Waals surface area contributed by atoms with E-state index in [4.69, 9.17) is 24.2 Å².